The molecule has 8 N–H and O–H groups in total. The van der Waals surface area contributed by atoms with E-state index in [-0.39, 0.29) is 35.1 Å². The van der Waals surface area contributed by atoms with Gasteiger partial charge in [-0.3, -0.25) is 24.1 Å². The topological polar surface area (TPSA) is 248 Å². The van der Waals surface area contributed by atoms with E-state index in [9.17, 15) is 29.1 Å². The van der Waals surface area contributed by atoms with Crippen LogP contribution in [0.2, 0.25) is 0 Å². The maximum Gasteiger partial charge on any atom is 0.326 e. The number of nitrogens with two attached hydrogens (primary N) is 2. The summed E-state index contributed by atoms with van der Waals surface area (Å²) in [7, 11) is 0. The van der Waals surface area contributed by atoms with Crippen LogP contribution in [0.25, 0.3) is 11.5 Å². The highest BCUT2D eigenvalue weighted by molar-refractivity contribution is 6.12. The second-order valence-corrected chi connectivity index (χ2v) is 8.80. The molecule has 0 aliphatic carbocycles. The van der Waals surface area contributed by atoms with E-state index < -0.39 is 48.2 Å². The van der Waals surface area contributed by atoms with Gasteiger partial charge in [-0.2, -0.15) is 9.97 Å². The first-order valence-corrected chi connectivity index (χ1v) is 12.1. The molecule has 2 aliphatic heterocycles. The number of carbonyl (C=O) groups is 4. The Labute approximate surface area is 231 Å². The van der Waals surface area contributed by atoms with Gasteiger partial charge in [0, 0.05) is 35.1 Å². The first-order chi connectivity index (χ1) is 19.5. The summed E-state index contributed by atoms with van der Waals surface area (Å²) >= 11 is 0. The van der Waals surface area contributed by atoms with Gasteiger partial charge in [0.25, 0.3) is 11.8 Å². The number of nitrogens with zero attached hydrogens (tertiary/aromatic N) is 4. The Kier molecular flexibility index (Phi) is 8.17. The molecule has 0 spiro atoms. The van der Waals surface area contributed by atoms with Crippen LogP contribution in [0.15, 0.2) is 59.5 Å². The van der Waals surface area contributed by atoms with E-state index in [1.807, 2.05) is 0 Å². The van der Waals surface area contributed by atoms with E-state index in [4.69, 9.17) is 16.6 Å². The van der Waals surface area contributed by atoms with Crippen molar-refractivity contribution in [3.05, 3.63) is 81.9 Å². The molecule has 4 rings (SSSR count). The predicted molar refractivity (Wildman–Crippen MR) is 145 cm³/mol. The Hall–Kier alpha value is -5.86. The van der Waals surface area contributed by atoms with Crippen LogP contribution in [-0.2, 0) is 16.1 Å². The molecule has 2 aromatic carbocycles. The molecule has 15 nitrogen and oxygen atoms in total. The van der Waals surface area contributed by atoms with Crippen molar-refractivity contribution in [1.82, 2.24) is 24.8 Å². The molecular formula is C26H24N8O7. The van der Waals surface area contributed by atoms with Gasteiger partial charge in [-0.25, -0.2) is 9.78 Å². The lowest BCUT2D eigenvalue weighted by atomic mass is 10.0. The number of nitrogens with one attached hydrogen (secondary N) is 2. The zero-order valence-electron chi connectivity index (χ0n) is 21.3. The number of rotatable bonds is 10. The molecule has 2 heterocycles. The average Bonchev–Trinajstić information content (AvgIpc) is 2.94. The third-order valence-electron chi connectivity index (χ3n) is 5.93. The zero-order valence-corrected chi connectivity index (χ0v) is 21.3. The molecule has 1 atom stereocenters. The number of hydrogen-bond donors (Lipinski definition) is 6. The Morgan fingerprint density at radius 1 is 0.902 bits per heavy atom. The van der Waals surface area contributed by atoms with Crippen LogP contribution in [-0.4, -0.2) is 64.8 Å². The minimum Gasteiger partial charge on any atom is -0.481 e. The molecule has 0 radical (unpaired) electrons. The number of anilines is 3. The molecule has 0 saturated carbocycles. The van der Waals surface area contributed by atoms with Crippen molar-refractivity contribution in [2.75, 3.05) is 16.8 Å². The second-order valence-electron chi connectivity index (χ2n) is 8.80. The summed E-state index contributed by atoms with van der Waals surface area (Å²) in [6.07, 6.45) is 0.463. The molecule has 2 aliphatic rings. The maximum atomic E-state index is 13.5. The maximum absolute atomic E-state index is 13.5. The molecule has 2 aromatic rings. The molecule has 1 unspecified atom stereocenters. The molecule has 2 amide bonds. The lowest BCUT2D eigenvalue weighted by Gasteiger charge is -2.27. The quantitative estimate of drug-likeness (QED) is 0.117. The Morgan fingerprint density at radius 3 is 2.10 bits per heavy atom. The van der Waals surface area contributed by atoms with E-state index in [0.29, 0.717) is 22.0 Å². The van der Waals surface area contributed by atoms with Crippen molar-refractivity contribution in [3.8, 4) is 11.5 Å². The van der Waals surface area contributed by atoms with Crippen LogP contribution in [0.1, 0.15) is 39.3 Å². The summed E-state index contributed by atoms with van der Waals surface area (Å²) < 4.78 is 0. The molecular weight excluding hydrogens is 536 g/mol. The Morgan fingerprint density at radius 2 is 1.51 bits per heavy atom. The number of aromatic amines is 1. The van der Waals surface area contributed by atoms with E-state index in [1.54, 1.807) is 0 Å². The largest absolute Gasteiger partial charge is 0.481 e. The van der Waals surface area contributed by atoms with Crippen LogP contribution in [0.3, 0.4) is 0 Å². The fourth-order valence-corrected chi connectivity index (χ4v) is 3.90. The summed E-state index contributed by atoms with van der Waals surface area (Å²) in [5, 5.41) is 21.9. The number of nitrogen functional groups attached to an aromatic ring is 2. The van der Waals surface area contributed by atoms with Gasteiger partial charge in [0.1, 0.15) is 6.04 Å². The summed E-state index contributed by atoms with van der Waals surface area (Å²) in [5.74, 6) is -4.64. The normalized spacial score (nSPS) is 11.5. The molecule has 0 bridgehead atoms. The number of aromatic nitrogens is 4. The third-order valence-corrected chi connectivity index (χ3v) is 5.93. The van der Waals surface area contributed by atoms with E-state index in [1.165, 1.54) is 54.7 Å². The molecule has 0 saturated heterocycles. The molecule has 15 heteroatoms. The summed E-state index contributed by atoms with van der Waals surface area (Å²) in [4.78, 5) is 77.1. The van der Waals surface area contributed by atoms with E-state index in [2.05, 4.69) is 25.3 Å². The highest BCUT2D eigenvalue weighted by atomic mass is 16.4. The number of aliphatic carboxylic acids is 2. The van der Waals surface area contributed by atoms with Crippen LogP contribution >= 0.6 is 0 Å². The number of hydrogen-bond acceptors (Lipinski definition) is 11. The van der Waals surface area contributed by atoms with Crippen molar-refractivity contribution in [2.45, 2.75) is 25.4 Å². The van der Waals surface area contributed by atoms with Crippen LogP contribution in [0.4, 0.5) is 17.3 Å². The van der Waals surface area contributed by atoms with Gasteiger partial charge in [0.05, 0.1) is 12.2 Å². The number of carbonyl (C=O) groups excluding carboxylic acids is 2. The summed E-state index contributed by atoms with van der Waals surface area (Å²) in [5.41, 5.74) is 11.9. The summed E-state index contributed by atoms with van der Waals surface area (Å²) in [6.45, 7) is 0.168. The molecule has 0 aromatic heterocycles. The van der Waals surface area contributed by atoms with Gasteiger partial charge in [-0.1, -0.05) is 0 Å². The number of benzene rings is 2. The number of H-pyrrole nitrogens is 1. The standard InChI is InChI=1S/C26H24N8O7/c27-15-5-1-13(2-6-15)23(38)34(18(25(40)41)9-10-19(35)36)24(39)14-3-7-16(8-4-14)29-11-17-12-30-21-20(31-17)22(37)33-26(28)32-21/h1-8,12,18,29H,9-11,27H2,(H,35,36)(H,40,41)(H3,28,30,32,33,37). The van der Waals surface area contributed by atoms with Crippen molar-refractivity contribution in [2.24, 2.45) is 0 Å². The lowest BCUT2D eigenvalue weighted by molar-refractivity contribution is -0.142. The fraction of sp³-hybridized carbons (Fsp3) is 0.154. The van der Waals surface area contributed by atoms with E-state index in [0.717, 1.165) is 0 Å². The second kappa shape index (κ2) is 11.9. The number of carboxylic acid groups (broad SMARTS) is 2. The predicted octanol–water partition coefficient (Wildman–Crippen LogP) is 1.04. The lowest BCUT2D eigenvalue weighted by Crippen LogP contribution is -2.49. The first kappa shape index (κ1) is 28.2. The molecule has 0 fully saturated rings. The third kappa shape index (κ3) is 6.59. The van der Waals surface area contributed by atoms with Crippen LogP contribution in [0, 0.1) is 0 Å². The van der Waals surface area contributed by atoms with Gasteiger partial charge in [0.15, 0.2) is 11.5 Å². The smallest absolute Gasteiger partial charge is 0.326 e. The van der Waals surface area contributed by atoms with Crippen molar-refractivity contribution >= 4 is 41.1 Å². The van der Waals surface area contributed by atoms with Crippen LogP contribution in [0.5, 0.6) is 0 Å². The number of fused-ring (bicyclic) bond motifs is 1. The number of amides is 2. The fourth-order valence-electron chi connectivity index (χ4n) is 3.90. The van der Waals surface area contributed by atoms with Gasteiger partial charge < -0.3 is 32.0 Å². The van der Waals surface area contributed by atoms with Crippen molar-refractivity contribution < 1.29 is 29.4 Å². The Bertz CT molecular complexity index is 1640. The van der Waals surface area contributed by atoms with Gasteiger partial charge in [-0.05, 0) is 55.0 Å². The summed E-state index contributed by atoms with van der Waals surface area (Å²) in [6, 6.07) is 9.62. The monoisotopic (exact) mass is 560 g/mol. The number of carboxylic acids is 2. The van der Waals surface area contributed by atoms with E-state index >= 15 is 0 Å². The van der Waals surface area contributed by atoms with Gasteiger partial charge >= 0.3 is 17.5 Å². The minimum absolute atomic E-state index is 0.00132. The molecule has 41 heavy (non-hydrogen) atoms. The van der Waals surface area contributed by atoms with Crippen LogP contribution < -0.4 is 22.3 Å². The highest BCUT2D eigenvalue weighted by Crippen LogP contribution is 2.20. The van der Waals surface area contributed by atoms with Gasteiger partial charge in [-0.15, -0.1) is 0 Å². The SMILES string of the molecule is Nc1ccc(C(=O)N(C(=O)c2ccc(NCc3c[nH]c4nc(N)nc(=O)c-4n3)cc2)C(CCC(=O)O)C(=O)O)cc1. The molecule has 210 valence electrons. The van der Waals surface area contributed by atoms with Gasteiger partial charge in [0.2, 0.25) is 5.95 Å². The zero-order chi connectivity index (χ0) is 29.7. The first-order valence-electron chi connectivity index (χ1n) is 12.1. The average molecular weight is 561 g/mol. The number of imide groups is 1. The van der Waals surface area contributed by atoms with Crippen molar-refractivity contribution in [1.29, 1.82) is 0 Å². The highest BCUT2D eigenvalue weighted by Gasteiger charge is 2.36. The Balaban J connectivity index is 1.56. The minimum atomic E-state index is -1.73. The van der Waals surface area contributed by atoms with Crippen molar-refractivity contribution in [3.63, 3.8) is 0 Å².